The van der Waals surface area contributed by atoms with Crippen LogP contribution >= 0.6 is 0 Å². The maximum atomic E-state index is 12.7. The lowest BCUT2D eigenvalue weighted by Gasteiger charge is -2.44. The predicted octanol–water partition coefficient (Wildman–Crippen LogP) is 0.535. The van der Waals surface area contributed by atoms with Crippen LogP contribution in [0, 0.1) is 0 Å². The number of carboxylic acid groups (broad SMARTS) is 1. The van der Waals surface area contributed by atoms with E-state index in [4.69, 9.17) is 0 Å². The first-order valence-corrected chi connectivity index (χ1v) is 7.25. The van der Waals surface area contributed by atoms with Gasteiger partial charge in [-0.3, -0.25) is 4.79 Å². The van der Waals surface area contributed by atoms with E-state index in [1.165, 1.54) is 0 Å². The second-order valence-corrected chi connectivity index (χ2v) is 5.40. The van der Waals surface area contributed by atoms with Gasteiger partial charge in [0.25, 0.3) is 5.78 Å². The number of hydrogen-bond donors (Lipinski definition) is 0. The molecule has 112 valence electrons. The van der Waals surface area contributed by atoms with Crippen molar-refractivity contribution in [1.29, 1.82) is 0 Å². The Morgan fingerprint density at radius 3 is 2.43 bits per heavy atom. The summed E-state index contributed by atoms with van der Waals surface area (Å²) in [5.41, 5.74) is 0.302. The lowest BCUT2D eigenvalue weighted by molar-refractivity contribution is -0.873. The summed E-state index contributed by atoms with van der Waals surface area (Å²) in [7, 11) is 0. The lowest BCUT2D eigenvalue weighted by atomic mass is 9.96. The molecule has 2 rings (SSSR count). The van der Waals surface area contributed by atoms with Gasteiger partial charge in [0, 0.05) is 12.0 Å². The standard InChI is InChI=1S/C16H19NO4/c1-2-17(11-7-6-10-13(17)16(20)21)15(19)14(18)12-8-4-3-5-9-12/h3-5,8-9,13H,2,6-7,10-11H2,1H3. The molecule has 0 bridgehead atoms. The zero-order valence-corrected chi connectivity index (χ0v) is 12.1. The third-order valence-electron chi connectivity index (χ3n) is 4.35. The summed E-state index contributed by atoms with van der Waals surface area (Å²) < 4.78 is -0.323. The molecule has 1 aliphatic heterocycles. The van der Waals surface area contributed by atoms with Crippen molar-refractivity contribution >= 4 is 17.7 Å². The van der Waals surface area contributed by atoms with Crippen LogP contribution in [0.15, 0.2) is 30.3 Å². The molecule has 5 heteroatoms. The monoisotopic (exact) mass is 289 g/mol. The van der Waals surface area contributed by atoms with Gasteiger partial charge in [-0.15, -0.1) is 0 Å². The summed E-state index contributed by atoms with van der Waals surface area (Å²) in [6.07, 6.45) is 1.86. The molecule has 1 aromatic carbocycles. The largest absolute Gasteiger partial charge is 0.544 e. The Hall–Kier alpha value is -2.01. The van der Waals surface area contributed by atoms with Crippen LogP contribution in [0.5, 0.6) is 0 Å². The van der Waals surface area contributed by atoms with Crippen LogP contribution in [-0.2, 0) is 9.59 Å². The van der Waals surface area contributed by atoms with E-state index in [9.17, 15) is 19.5 Å². The molecule has 1 saturated heterocycles. The molecular weight excluding hydrogens is 270 g/mol. The molecule has 0 radical (unpaired) electrons. The Balaban J connectivity index is 2.37. The first-order valence-electron chi connectivity index (χ1n) is 7.25. The minimum atomic E-state index is -1.24. The molecular formula is C16H19NO4. The molecule has 1 aliphatic rings. The highest BCUT2D eigenvalue weighted by atomic mass is 16.4. The molecule has 1 fully saturated rings. The molecule has 0 aliphatic carbocycles. The number of carbonyl (C=O) groups excluding carboxylic acids is 3. The van der Waals surface area contributed by atoms with Gasteiger partial charge in [0.15, 0.2) is 0 Å². The fraction of sp³-hybridized carbons (Fsp3) is 0.438. The number of quaternary nitrogens is 1. The third-order valence-corrected chi connectivity index (χ3v) is 4.35. The minimum Gasteiger partial charge on any atom is -0.544 e. The van der Waals surface area contributed by atoms with Gasteiger partial charge in [-0.1, -0.05) is 30.3 Å². The van der Waals surface area contributed by atoms with E-state index in [1.54, 1.807) is 37.3 Å². The number of aliphatic carboxylic acids is 1. The topological polar surface area (TPSA) is 74.3 Å². The fourth-order valence-corrected chi connectivity index (χ4v) is 3.13. The number of benzene rings is 1. The average molecular weight is 289 g/mol. The maximum absolute atomic E-state index is 12.7. The number of amides is 1. The molecule has 5 nitrogen and oxygen atoms in total. The minimum absolute atomic E-state index is 0.288. The van der Waals surface area contributed by atoms with Crippen LogP contribution in [0.25, 0.3) is 0 Å². The van der Waals surface area contributed by atoms with Crippen molar-refractivity contribution in [3.63, 3.8) is 0 Å². The summed E-state index contributed by atoms with van der Waals surface area (Å²) in [6, 6.07) is 7.35. The summed E-state index contributed by atoms with van der Waals surface area (Å²) >= 11 is 0. The fourth-order valence-electron chi connectivity index (χ4n) is 3.13. The number of likely N-dealkylation sites (tertiary alicyclic amines) is 1. The van der Waals surface area contributed by atoms with Crippen LogP contribution in [-0.4, -0.2) is 41.3 Å². The van der Waals surface area contributed by atoms with Gasteiger partial charge in [0.05, 0.1) is 19.1 Å². The summed E-state index contributed by atoms with van der Waals surface area (Å²) in [4.78, 5) is 36.5. The number of likely N-dealkylation sites (N-methyl/N-ethyl adjacent to an activating group) is 1. The van der Waals surface area contributed by atoms with Crippen molar-refractivity contribution in [3.05, 3.63) is 35.9 Å². The van der Waals surface area contributed by atoms with Crippen molar-refractivity contribution in [1.82, 2.24) is 0 Å². The zero-order chi connectivity index (χ0) is 15.5. The molecule has 1 aromatic rings. The highest BCUT2D eigenvalue weighted by Crippen LogP contribution is 2.27. The Morgan fingerprint density at radius 2 is 1.86 bits per heavy atom. The number of Topliss-reactive ketones (excluding diaryl/α,β-unsaturated/α-hetero) is 1. The van der Waals surface area contributed by atoms with Crippen molar-refractivity contribution in [2.75, 3.05) is 13.1 Å². The highest BCUT2D eigenvalue weighted by Gasteiger charge is 2.48. The van der Waals surface area contributed by atoms with Crippen LogP contribution in [0.1, 0.15) is 36.5 Å². The second kappa shape index (κ2) is 6.18. The van der Waals surface area contributed by atoms with Gasteiger partial charge in [0.2, 0.25) is 0 Å². The summed E-state index contributed by atoms with van der Waals surface area (Å²) in [5, 5.41) is 11.4. The van der Waals surface area contributed by atoms with Crippen molar-refractivity contribution < 1.29 is 24.0 Å². The van der Waals surface area contributed by atoms with E-state index in [1.807, 2.05) is 0 Å². The van der Waals surface area contributed by atoms with E-state index in [0.717, 1.165) is 12.8 Å². The van der Waals surface area contributed by atoms with Gasteiger partial charge < -0.3 is 9.90 Å². The number of nitrogens with zero attached hydrogens (tertiary/aromatic N) is 1. The number of hydrogen-bond acceptors (Lipinski definition) is 4. The quantitative estimate of drug-likeness (QED) is 0.460. The maximum Gasteiger partial charge on any atom is 0.387 e. The van der Waals surface area contributed by atoms with Crippen molar-refractivity contribution in [2.45, 2.75) is 32.2 Å². The van der Waals surface area contributed by atoms with Crippen molar-refractivity contribution in [2.24, 2.45) is 0 Å². The SMILES string of the molecule is CC[N+]1(C(=O)C(=O)c2ccccc2)CCCCC1C(=O)[O-]. The Bertz CT molecular complexity index is 555. The molecule has 0 aromatic heterocycles. The van der Waals surface area contributed by atoms with Crippen LogP contribution in [0.4, 0.5) is 0 Å². The third kappa shape index (κ3) is 2.74. The Kier molecular flexibility index (Phi) is 4.53. The second-order valence-electron chi connectivity index (χ2n) is 5.40. The molecule has 1 heterocycles. The van der Waals surface area contributed by atoms with Gasteiger partial charge in [-0.2, -0.15) is 0 Å². The smallest absolute Gasteiger partial charge is 0.387 e. The van der Waals surface area contributed by atoms with Gasteiger partial charge >= 0.3 is 5.91 Å². The van der Waals surface area contributed by atoms with E-state index >= 15 is 0 Å². The molecule has 2 unspecified atom stereocenters. The number of ketones is 1. The van der Waals surface area contributed by atoms with Gasteiger partial charge in [-0.25, -0.2) is 9.28 Å². The molecule has 1 amide bonds. The number of rotatable bonds is 4. The van der Waals surface area contributed by atoms with Crippen molar-refractivity contribution in [3.8, 4) is 0 Å². The summed E-state index contributed by atoms with van der Waals surface area (Å²) in [6.45, 7) is 2.42. The first kappa shape index (κ1) is 15.4. The number of carboxylic acids is 1. The molecule has 0 spiro atoms. The predicted molar refractivity (Wildman–Crippen MR) is 74.1 cm³/mol. The normalized spacial score (nSPS) is 25.3. The van der Waals surface area contributed by atoms with Crippen LogP contribution < -0.4 is 5.11 Å². The Labute approximate surface area is 123 Å². The van der Waals surface area contributed by atoms with E-state index in [0.29, 0.717) is 18.5 Å². The zero-order valence-electron chi connectivity index (χ0n) is 12.1. The summed E-state index contributed by atoms with van der Waals surface area (Å²) in [5.74, 6) is -2.51. The molecule has 0 N–H and O–H groups in total. The van der Waals surface area contributed by atoms with E-state index in [2.05, 4.69) is 0 Å². The molecule has 21 heavy (non-hydrogen) atoms. The van der Waals surface area contributed by atoms with Gasteiger partial charge in [-0.05, 0) is 19.8 Å². The average Bonchev–Trinajstić information content (AvgIpc) is 2.54. The molecule has 0 saturated carbocycles. The van der Waals surface area contributed by atoms with Gasteiger partial charge in [0.1, 0.15) is 6.04 Å². The van der Waals surface area contributed by atoms with Crippen LogP contribution in [0.2, 0.25) is 0 Å². The number of carbonyl (C=O) groups is 3. The highest BCUT2D eigenvalue weighted by molar-refractivity contribution is 6.40. The van der Waals surface area contributed by atoms with E-state index in [-0.39, 0.29) is 11.0 Å². The molecule has 2 atom stereocenters. The van der Waals surface area contributed by atoms with Crippen LogP contribution in [0.3, 0.4) is 0 Å². The lowest BCUT2D eigenvalue weighted by Crippen LogP contribution is -2.68. The van der Waals surface area contributed by atoms with E-state index < -0.39 is 23.7 Å². The first-order chi connectivity index (χ1) is 10.0. The number of piperidine rings is 1. The Morgan fingerprint density at radius 1 is 1.19 bits per heavy atom.